The Kier molecular flexibility index (Phi) is 0.887. The monoisotopic (exact) mass is 127 g/mol. The fourth-order valence-corrected chi connectivity index (χ4v) is 1.12. The van der Waals surface area contributed by atoms with E-state index in [9.17, 15) is 0 Å². The van der Waals surface area contributed by atoms with Crippen LogP contribution in [-0.4, -0.2) is 21.9 Å². The van der Waals surface area contributed by atoms with Crippen molar-refractivity contribution < 1.29 is 0 Å². The summed E-state index contributed by atoms with van der Waals surface area (Å²) in [6.07, 6.45) is 3.86. The number of hydrogen-bond acceptors (Lipinski definition) is 1. The molecule has 0 bridgehead atoms. The molecule has 0 fully saturated rings. The fourth-order valence-electron chi connectivity index (χ4n) is 0.215. The molecule has 0 aromatic heterocycles. The van der Waals surface area contributed by atoms with E-state index in [4.69, 9.17) is 0 Å². The van der Waals surface area contributed by atoms with Gasteiger partial charge in [0.2, 0.25) is 0 Å². The molecule has 1 rings (SSSR count). The quantitative estimate of drug-likeness (QED) is 0.411. The molecular weight excluding hydrogens is 123 g/mol. The van der Waals surface area contributed by atoms with E-state index in [-0.39, 0.29) is 15.7 Å². The Bertz CT molecular complexity index is 65.0. The molecule has 0 amide bonds. The first-order valence-electron chi connectivity index (χ1n) is 1.44. The third-order valence-corrected chi connectivity index (χ3v) is 1.75. The van der Waals surface area contributed by atoms with Crippen LogP contribution in [0.3, 0.4) is 0 Å². The molecule has 2 radical (unpaired) electrons. The summed E-state index contributed by atoms with van der Waals surface area (Å²) in [4.78, 5) is 2.14. The first-order valence-corrected chi connectivity index (χ1v) is 3.59. The zero-order valence-electron chi connectivity index (χ0n) is 2.68. The van der Waals surface area contributed by atoms with Crippen LogP contribution in [0.4, 0.5) is 0 Å². The van der Waals surface area contributed by atoms with E-state index in [1.165, 1.54) is 0 Å². The predicted octanol–water partition coefficient (Wildman–Crippen LogP) is 0.204. The zero-order valence-corrected chi connectivity index (χ0v) is 4.78. The summed E-state index contributed by atoms with van der Waals surface area (Å²) in [7, 11) is 0. The minimum atomic E-state index is 0.0278. The number of nitrogens with zero attached hydrogens (tertiary/aromatic N) is 1. The molecule has 24 valence electrons. The molecule has 0 aliphatic carbocycles. The Hall–Kier alpha value is -0.0471. The van der Waals surface area contributed by atoms with Crippen molar-refractivity contribution in [3.05, 3.63) is 11.0 Å². The number of allylic oxidation sites excluding steroid dienone is 1. The molecule has 2 heteroatoms. The second kappa shape index (κ2) is 1.41. The van der Waals surface area contributed by atoms with Gasteiger partial charge in [0.25, 0.3) is 0 Å². The minimum absolute atomic E-state index is 0.0278. The van der Waals surface area contributed by atoms with E-state index in [1.54, 1.807) is 0 Å². The summed E-state index contributed by atoms with van der Waals surface area (Å²) in [6.45, 7) is 0. The van der Waals surface area contributed by atoms with Crippen molar-refractivity contribution in [1.82, 2.24) is 0 Å². The van der Waals surface area contributed by atoms with Crippen LogP contribution in [0, 0.1) is 0 Å². The van der Waals surface area contributed by atoms with Crippen LogP contribution in [-0.2, 0) is 0 Å². The van der Waals surface area contributed by atoms with Gasteiger partial charge < -0.3 is 0 Å². The summed E-state index contributed by atoms with van der Waals surface area (Å²) in [5, 5.41) is 0. The SMILES string of the molecule is C1=[CH][Ge][N]=C1. The second-order valence-corrected chi connectivity index (χ2v) is 2.55. The molecular formula is C3H3GeN. The standard InChI is InChI=1S/C3H3GeN/c1-2-4-5-3-1/h1-3H. The molecule has 1 aliphatic rings. The van der Waals surface area contributed by atoms with E-state index in [2.05, 4.69) is 8.86 Å². The van der Waals surface area contributed by atoms with Crippen molar-refractivity contribution in [2.24, 2.45) is 3.95 Å². The molecule has 0 aromatic carbocycles. The summed E-state index contributed by atoms with van der Waals surface area (Å²) >= 11 is 0.0278. The van der Waals surface area contributed by atoms with Crippen molar-refractivity contribution in [2.75, 3.05) is 0 Å². The molecule has 0 saturated heterocycles. The molecule has 0 unspecified atom stereocenters. The van der Waals surface area contributed by atoms with Crippen LogP contribution in [0.1, 0.15) is 0 Å². The van der Waals surface area contributed by atoms with Crippen molar-refractivity contribution in [3.63, 3.8) is 0 Å². The molecule has 0 spiro atoms. The van der Waals surface area contributed by atoms with E-state index in [1.807, 2.05) is 12.3 Å². The first kappa shape index (κ1) is 3.15. The number of rotatable bonds is 0. The van der Waals surface area contributed by atoms with E-state index in [0.29, 0.717) is 0 Å². The second-order valence-electron chi connectivity index (χ2n) is 0.766. The molecule has 1 nitrogen and oxygen atoms in total. The maximum atomic E-state index is 3.97. The van der Waals surface area contributed by atoms with Crippen LogP contribution in [0.5, 0.6) is 0 Å². The summed E-state index contributed by atoms with van der Waals surface area (Å²) < 4.78 is 3.97. The van der Waals surface area contributed by atoms with Crippen molar-refractivity contribution in [1.29, 1.82) is 0 Å². The van der Waals surface area contributed by atoms with Crippen LogP contribution < -0.4 is 0 Å². The van der Waals surface area contributed by atoms with Crippen LogP contribution in [0.2, 0.25) is 0 Å². The Morgan fingerprint density at radius 1 is 1.60 bits per heavy atom. The van der Waals surface area contributed by atoms with Gasteiger partial charge >= 0.3 is 36.8 Å². The molecule has 0 N–H and O–H groups in total. The van der Waals surface area contributed by atoms with Crippen LogP contribution >= 0.6 is 0 Å². The Morgan fingerprint density at radius 2 is 2.60 bits per heavy atom. The molecule has 0 aromatic rings. The van der Waals surface area contributed by atoms with Crippen molar-refractivity contribution in [3.8, 4) is 0 Å². The van der Waals surface area contributed by atoms with Gasteiger partial charge in [0, 0.05) is 0 Å². The van der Waals surface area contributed by atoms with Gasteiger partial charge in [-0.2, -0.15) is 0 Å². The van der Waals surface area contributed by atoms with Crippen LogP contribution in [0.15, 0.2) is 14.9 Å². The average molecular weight is 126 g/mol. The van der Waals surface area contributed by atoms with Gasteiger partial charge in [-0.15, -0.1) is 0 Å². The van der Waals surface area contributed by atoms with Crippen molar-refractivity contribution >= 4 is 21.9 Å². The van der Waals surface area contributed by atoms with Gasteiger partial charge in [-0.1, -0.05) is 0 Å². The zero-order chi connectivity index (χ0) is 3.54. The van der Waals surface area contributed by atoms with E-state index >= 15 is 0 Å². The van der Waals surface area contributed by atoms with Gasteiger partial charge in [-0.3, -0.25) is 0 Å². The normalized spacial score (nSPS) is 17.6. The third kappa shape index (κ3) is 0.615. The Morgan fingerprint density at radius 3 is 2.80 bits per heavy atom. The molecule has 1 heterocycles. The van der Waals surface area contributed by atoms with Gasteiger partial charge in [-0.25, -0.2) is 0 Å². The van der Waals surface area contributed by atoms with Gasteiger partial charge in [0.1, 0.15) is 0 Å². The summed E-state index contributed by atoms with van der Waals surface area (Å²) in [5.41, 5.74) is 0. The molecule has 1 aliphatic heterocycles. The van der Waals surface area contributed by atoms with Gasteiger partial charge in [0.05, 0.1) is 0 Å². The molecule has 0 atom stereocenters. The van der Waals surface area contributed by atoms with Gasteiger partial charge in [0.15, 0.2) is 0 Å². The Balaban J connectivity index is 2.61. The first-order chi connectivity index (χ1) is 2.50. The average Bonchev–Trinajstić information content (AvgIpc) is 1.76. The summed E-state index contributed by atoms with van der Waals surface area (Å²) in [6, 6.07) is 0. The number of hydrogen-bond donors (Lipinski definition) is 0. The van der Waals surface area contributed by atoms with Gasteiger partial charge in [-0.05, 0) is 0 Å². The topological polar surface area (TPSA) is 12.4 Å². The fraction of sp³-hybridized carbons (Fsp3) is 0. The summed E-state index contributed by atoms with van der Waals surface area (Å²) in [5.74, 6) is 0. The third-order valence-electron chi connectivity index (χ3n) is 0.406. The Labute approximate surface area is 37.5 Å². The van der Waals surface area contributed by atoms with E-state index < -0.39 is 0 Å². The predicted molar refractivity (Wildman–Crippen MR) is 23.4 cm³/mol. The maximum absolute atomic E-state index is 3.97. The molecule has 5 heavy (non-hydrogen) atoms. The van der Waals surface area contributed by atoms with E-state index in [0.717, 1.165) is 0 Å². The van der Waals surface area contributed by atoms with Crippen LogP contribution in [0.25, 0.3) is 0 Å². The van der Waals surface area contributed by atoms with Crippen molar-refractivity contribution in [2.45, 2.75) is 0 Å². The molecule has 0 saturated carbocycles.